The van der Waals surface area contributed by atoms with Crippen LogP contribution in [-0.2, 0) is 20.4 Å². The van der Waals surface area contributed by atoms with Crippen molar-refractivity contribution in [1.29, 1.82) is 0 Å². The lowest BCUT2D eigenvalue weighted by Gasteiger charge is -2.24. The number of aromatic amines is 1. The van der Waals surface area contributed by atoms with Crippen molar-refractivity contribution in [2.45, 2.75) is 31.8 Å². The first-order valence-electron chi connectivity index (χ1n) is 8.08. The Morgan fingerprint density at radius 1 is 1.38 bits per heavy atom. The van der Waals surface area contributed by atoms with Crippen molar-refractivity contribution in [3.05, 3.63) is 57.0 Å². The lowest BCUT2D eigenvalue weighted by atomic mass is 10.2. The minimum absolute atomic E-state index is 0.209. The van der Waals surface area contributed by atoms with Gasteiger partial charge in [-0.2, -0.15) is 0 Å². The van der Waals surface area contributed by atoms with Crippen LogP contribution in [0.1, 0.15) is 24.6 Å². The van der Waals surface area contributed by atoms with Crippen molar-refractivity contribution in [2.75, 3.05) is 6.61 Å². The molecule has 4 rings (SSSR count). The number of nitrogens with zero attached hydrogens (tertiary/aromatic N) is 1. The molecule has 0 bridgehead atoms. The van der Waals surface area contributed by atoms with Gasteiger partial charge in [0.15, 0.2) is 5.82 Å². The molecule has 1 fully saturated rings. The van der Waals surface area contributed by atoms with Crippen molar-refractivity contribution in [1.82, 2.24) is 9.55 Å². The Hall–Kier alpha value is -1.64. The molecule has 1 N–H and O–H groups in total. The predicted octanol–water partition coefficient (Wildman–Crippen LogP) is 3.58. The van der Waals surface area contributed by atoms with E-state index >= 15 is 0 Å². The van der Waals surface area contributed by atoms with Crippen molar-refractivity contribution in [3.63, 3.8) is 0 Å². The van der Waals surface area contributed by atoms with Crippen LogP contribution in [0.25, 0.3) is 0 Å². The molecule has 2 aliphatic heterocycles. The molecular weight excluding hydrogens is 382 g/mol. The van der Waals surface area contributed by atoms with Gasteiger partial charge in [0.2, 0.25) is 0 Å². The van der Waals surface area contributed by atoms with Crippen LogP contribution in [-0.4, -0.2) is 22.3 Å². The third kappa shape index (κ3) is 3.72. The fourth-order valence-corrected chi connectivity index (χ4v) is 4.03. The van der Waals surface area contributed by atoms with Crippen LogP contribution in [0.2, 0.25) is 0 Å². The van der Waals surface area contributed by atoms with Crippen LogP contribution in [0.3, 0.4) is 0 Å². The standard InChI is InChI=1S/C16H16FN2O5PS/c17-12-7-19(16(20)18-15(12)26)14-6-5-11(23-14)9-22-25-21-8-10-3-1-2-4-13(10)24-25/h1-4,7,11,14H,5-6,8-9H2,(H,18,20,26). The lowest BCUT2D eigenvalue weighted by Crippen LogP contribution is -2.28. The Morgan fingerprint density at radius 2 is 2.23 bits per heavy atom. The smallest absolute Gasteiger partial charge is 0.397 e. The summed E-state index contributed by atoms with van der Waals surface area (Å²) in [5.74, 6) is 0.102. The number of hydrogen-bond acceptors (Lipinski definition) is 6. The molecule has 0 aliphatic carbocycles. The largest absolute Gasteiger partial charge is 0.426 e. The number of H-pyrrole nitrogens is 1. The Balaban J connectivity index is 1.34. The molecule has 1 aromatic carbocycles. The number of aromatic nitrogens is 2. The van der Waals surface area contributed by atoms with Gasteiger partial charge in [-0.1, -0.05) is 30.4 Å². The van der Waals surface area contributed by atoms with Crippen molar-refractivity contribution in [2.24, 2.45) is 0 Å². The van der Waals surface area contributed by atoms with Gasteiger partial charge < -0.3 is 9.26 Å². The van der Waals surface area contributed by atoms with Crippen LogP contribution in [0.5, 0.6) is 5.75 Å². The van der Waals surface area contributed by atoms with Crippen LogP contribution >= 0.6 is 20.8 Å². The maximum absolute atomic E-state index is 13.6. The molecule has 2 aromatic rings. The Kier molecular flexibility index (Phi) is 5.15. The van der Waals surface area contributed by atoms with Crippen molar-refractivity contribution in [3.8, 4) is 5.75 Å². The van der Waals surface area contributed by atoms with Crippen LogP contribution in [0.4, 0.5) is 4.39 Å². The quantitative estimate of drug-likeness (QED) is 0.627. The van der Waals surface area contributed by atoms with E-state index in [0.717, 1.165) is 17.5 Å². The van der Waals surface area contributed by atoms with Gasteiger partial charge in [-0.15, -0.1) is 0 Å². The number of para-hydroxylation sites is 1. The highest BCUT2D eigenvalue weighted by molar-refractivity contribution is 7.71. The summed E-state index contributed by atoms with van der Waals surface area (Å²) in [6.45, 7) is 0.707. The molecule has 0 saturated carbocycles. The van der Waals surface area contributed by atoms with E-state index < -0.39 is 26.3 Å². The number of nitrogens with one attached hydrogen (secondary N) is 1. The zero-order valence-electron chi connectivity index (χ0n) is 13.6. The van der Waals surface area contributed by atoms with Gasteiger partial charge in [0.25, 0.3) is 0 Å². The fourth-order valence-electron chi connectivity index (χ4n) is 2.84. The maximum Gasteiger partial charge on any atom is 0.397 e. The van der Waals surface area contributed by atoms with Gasteiger partial charge in [0.1, 0.15) is 16.6 Å². The average Bonchev–Trinajstić information content (AvgIpc) is 3.11. The summed E-state index contributed by atoms with van der Waals surface area (Å²) in [6, 6.07) is 7.63. The molecule has 10 heteroatoms. The number of ether oxygens (including phenoxy) is 1. The summed E-state index contributed by atoms with van der Waals surface area (Å²) in [5.41, 5.74) is 0.484. The minimum Gasteiger partial charge on any atom is -0.426 e. The van der Waals surface area contributed by atoms with E-state index in [9.17, 15) is 9.18 Å². The first-order valence-corrected chi connectivity index (χ1v) is 9.59. The number of hydrogen-bond donors (Lipinski definition) is 1. The zero-order valence-corrected chi connectivity index (χ0v) is 15.3. The van der Waals surface area contributed by atoms with Gasteiger partial charge in [-0.25, -0.2) is 9.18 Å². The number of rotatable bonds is 4. The third-order valence-electron chi connectivity index (χ3n) is 4.16. The second-order valence-electron chi connectivity index (χ2n) is 5.93. The summed E-state index contributed by atoms with van der Waals surface area (Å²) in [6.07, 6.45) is 1.53. The second-order valence-corrected chi connectivity index (χ2v) is 7.48. The second kappa shape index (κ2) is 7.54. The lowest BCUT2D eigenvalue weighted by molar-refractivity contribution is -0.0233. The molecule has 3 heterocycles. The van der Waals surface area contributed by atoms with Gasteiger partial charge in [0.05, 0.1) is 25.5 Å². The fraction of sp³-hybridized carbons (Fsp3) is 0.375. The molecule has 138 valence electrons. The van der Waals surface area contributed by atoms with Gasteiger partial charge >= 0.3 is 14.3 Å². The van der Waals surface area contributed by atoms with Crippen molar-refractivity contribution < 1.29 is 22.7 Å². The van der Waals surface area contributed by atoms with Crippen molar-refractivity contribution >= 4 is 20.8 Å². The highest BCUT2D eigenvalue weighted by Gasteiger charge is 2.30. The van der Waals surface area contributed by atoms with E-state index in [-0.39, 0.29) is 17.4 Å². The first kappa shape index (κ1) is 17.8. The molecule has 0 radical (unpaired) electrons. The Labute approximate surface area is 154 Å². The number of fused-ring (bicyclic) bond motifs is 1. The monoisotopic (exact) mass is 398 g/mol. The van der Waals surface area contributed by atoms with Gasteiger partial charge in [-0.3, -0.25) is 18.6 Å². The van der Waals surface area contributed by atoms with Crippen LogP contribution in [0, 0.1) is 10.5 Å². The summed E-state index contributed by atoms with van der Waals surface area (Å²) in [7, 11) is -1.49. The summed E-state index contributed by atoms with van der Waals surface area (Å²) in [5, 5.41) is 0. The molecular formula is C16H16FN2O5PS. The Bertz CT molecular complexity index is 920. The molecule has 3 unspecified atom stereocenters. The third-order valence-corrected chi connectivity index (χ3v) is 5.50. The van der Waals surface area contributed by atoms with E-state index in [1.807, 2.05) is 24.3 Å². The highest BCUT2D eigenvalue weighted by Crippen LogP contribution is 2.47. The van der Waals surface area contributed by atoms with E-state index in [0.29, 0.717) is 19.4 Å². The first-order chi connectivity index (χ1) is 12.6. The van der Waals surface area contributed by atoms with Crippen LogP contribution in [0.15, 0.2) is 35.3 Å². The van der Waals surface area contributed by atoms with E-state index in [1.54, 1.807) is 0 Å². The summed E-state index contributed by atoms with van der Waals surface area (Å²) < 4.78 is 37.3. The molecule has 0 amide bonds. The summed E-state index contributed by atoms with van der Waals surface area (Å²) in [4.78, 5) is 14.2. The average molecular weight is 398 g/mol. The van der Waals surface area contributed by atoms with Gasteiger partial charge in [0, 0.05) is 5.56 Å². The van der Waals surface area contributed by atoms with E-state index in [2.05, 4.69) is 4.98 Å². The maximum atomic E-state index is 13.6. The van der Waals surface area contributed by atoms with E-state index in [1.165, 1.54) is 4.57 Å². The normalized spacial score (nSPS) is 24.9. The SMILES string of the molecule is O=c1[nH]c(=S)c(F)cn1C1CCC(COP2OCc3ccccc3O2)O1. The van der Waals surface area contributed by atoms with Crippen LogP contribution < -0.4 is 10.2 Å². The molecule has 26 heavy (non-hydrogen) atoms. The van der Waals surface area contributed by atoms with Gasteiger partial charge in [-0.05, 0) is 18.9 Å². The topological polar surface area (TPSA) is 74.7 Å². The highest BCUT2D eigenvalue weighted by atomic mass is 32.1. The molecule has 7 nitrogen and oxygen atoms in total. The van der Waals surface area contributed by atoms with E-state index in [4.69, 9.17) is 30.5 Å². The molecule has 0 spiro atoms. The molecule has 1 saturated heterocycles. The summed E-state index contributed by atoms with van der Waals surface area (Å²) >= 11 is 4.71. The Morgan fingerprint density at radius 3 is 3.12 bits per heavy atom. The molecule has 2 aliphatic rings. The zero-order chi connectivity index (χ0) is 18.1. The minimum atomic E-state index is -1.49. The number of benzene rings is 1. The molecule has 1 aromatic heterocycles. The predicted molar refractivity (Wildman–Crippen MR) is 93.7 cm³/mol. The molecule has 3 atom stereocenters. The number of halogens is 1.